The van der Waals surface area contributed by atoms with Crippen molar-refractivity contribution >= 4 is 11.9 Å². The summed E-state index contributed by atoms with van der Waals surface area (Å²) in [4.78, 5) is 50.2. The van der Waals surface area contributed by atoms with Crippen LogP contribution in [0.3, 0.4) is 0 Å². The Morgan fingerprint density at radius 2 is 1.54 bits per heavy atom. The Morgan fingerprint density at radius 1 is 0.971 bits per heavy atom. The normalized spacial score (nSPS) is 14.4. The van der Waals surface area contributed by atoms with E-state index in [-0.39, 0.29) is 11.1 Å². The molecule has 2 N–H and O–H groups in total. The number of aromatic nitrogens is 2. The lowest BCUT2D eigenvalue weighted by Crippen LogP contribution is -2.48. The smallest absolute Gasteiger partial charge is 0.338 e. The first-order valence-corrected chi connectivity index (χ1v) is 10.5. The van der Waals surface area contributed by atoms with E-state index in [4.69, 9.17) is 14.2 Å². The highest BCUT2D eigenvalue weighted by Gasteiger charge is 2.40. The molecule has 0 aliphatic heterocycles. The molecule has 3 aromatic rings. The number of nitrogens with zero attached hydrogens (tertiary/aromatic N) is 1. The third kappa shape index (κ3) is 6.49. The van der Waals surface area contributed by atoms with Crippen molar-refractivity contribution < 1.29 is 33.3 Å². The lowest BCUT2D eigenvalue weighted by Gasteiger charge is -2.30. The summed E-state index contributed by atoms with van der Waals surface area (Å²) in [7, 11) is 1.18. The Labute approximate surface area is 198 Å². The lowest BCUT2D eigenvalue weighted by atomic mass is 10.1. The number of ether oxygens (including phenoxy) is 3. The minimum absolute atomic E-state index is 0.0940. The topological polar surface area (TPSA) is 137 Å². The number of carbonyl (C=O) groups excluding carboxylic acids is 2. The van der Waals surface area contributed by atoms with Crippen molar-refractivity contribution in [3.05, 3.63) is 105 Å². The number of aliphatic hydroxyl groups is 1. The van der Waals surface area contributed by atoms with Crippen molar-refractivity contribution in [1.82, 2.24) is 9.55 Å². The van der Waals surface area contributed by atoms with Crippen LogP contribution in [0.5, 0.6) is 0 Å². The van der Waals surface area contributed by atoms with Gasteiger partial charge in [0.2, 0.25) is 0 Å². The average Bonchev–Trinajstić information content (AvgIpc) is 2.88. The number of methoxy groups -OCH3 is 1. The van der Waals surface area contributed by atoms with Gasteiger partial charge in [0, 0.05) is 19.4 Å². The van der Waals surface area contributed by atoms with E-state index in [9.17, 15) is 24.3 Å². The molecule has 0 saturated heterocycles. The molecule has 0 bridgehead atoms. The minimum atomic E-state index is -2.42. The number of H-pyrrole nitrogens is 1. The molecule has 3 rings (SSSR count). The summed E-state index contributed by atoms with van der Waals surface area (Å²) in [6.07, 6.45) is -6.88. The number of alkyl halides is 1. The van der Waals surface area contributed by atoms with E-state index >= 15 is 4.39 Å². The molecule has 0 fully saturated rings. The van der Waals surface area contributed by atoms with Crippen molar-refractivity contribution in [2.45, 2.75) is 24.6 Å². The van der Waals surface area contributed by atoms with Gasteiger partial charge in [0.25, 0.3) is 5.56 Å². The van der Waals surface area contributed by atoms with E-state index in [1.54, 1.807) is 36.4 Å². The fourth-order valence-corrected chi connectivity index (χ4v) is 3.18. The molecule has 0 aliphatic carbocycles. The van der Waals surface area contributed by atoms with Crippen LogP contribution in [0.25, 0.3) is 0 Å². The molecule has 0 aliphatic rings. The van der Waals surface area contributed by atoms with Gasteiger partial charge in [0.05, 0.1) is 11.1 Å². The predicted molar refractivity (Wildman–Crippen MR) is 121 cm³/mol. The van der Waals surface area contributed by atoms with E-state index in [0.717, 1.165) is 12.3 Å². The second kappa shape index (κ2) is 11.9. The van der Waals surface area contributed by atoms with E-state index < -0.39 is 54.4 Å². The first kappa shape index (κ1) is 25.5. The molecule has 1 heterocycles. The van der Waals surface area contributed by atoms with Crippen molar-refractivity contribution in [2.24, 2.45) is 0 Å². The molecular formula is C24H23FN2O8. The minimum Gasteiger partial charge on any atom is -0.459 e. The van der Waals surface area contributed by atoms with Gasteiger partial charge in [-0.15, -0.1) is 0 Å². The summed E-state index contributed by atoms with van der Waals surface area (Å²) >= 11 is 0. The average molecular weight is 486 g/mol. The molecule has 11 heteroatoms. The van der Waals surface area contributed by atoms with Crippen molar-refractivity contribution in [3.63, 3.8) is 0 Å². The van der Waals surface area contributed by atoms with Crippen molar-refractivity contribution in [1.29, 1.82) is 0 Å². The number of aromatic amines is 1. The molecule has 35 heavy (non-hydrogen) atoms. The van der Waals surface area contributed by atoms with E-state index in [1.807, 2.05) is 4.98 Å². The molecule has 1 aromatic heterocycles. The summed E-state index contributed by atoms with van der Waals surface area (Å²) in [6, 6.07) is 16.6. The van der Waals surface area contributed by atoms with Crippen LogP contribution < -0.4 is 11.2 Å². The number of halogens is 1. The van der Waals surface area contributed by atoms with Crippen molar-refractivity contribution in [2.75, 3.05) is 13.7 Å². The van der Waals surface area contributed by atoms with E-state index in [2.05, 4.69) is 0 Å². The molecule has 0 saturated carbocycles. The first-order valence-electron chi connectivity index (χ1n) is 10.5. The Kier molecular flexibility index (Phi) is 8.65. The van der Waals surface area contributed by atoms with Crippen LogP contribution in [-0.4, -0.2) is 58.7 Å². The first-order chi connectivity index (χ1) is 16.8. The van der Waals surface area contributed by atoms with Gasteiger partial charge in [0.15, 0.2) is 18.5 Å². The van der Waals surface area contributed by atoms with Gasteiger partial charge in [0.1, 0.15) is 12.7 Å². The van der Waals surface area contributed by atoms with Gasteiger partial charge < -0.3 is 19.3 Å². The monoisotopic (exact) mass is 486 g/mol. The second-order valence-electron chi connectivity index (χ2n) is 7.35. The molecule has 0 spiro atoms. The highest BCUT2D eigenvalue weighted by molar-refractivity contribution is 5.90. The summed E-state index contributed by atoms with van der Waals surface area (Å²) < 4.78 is 31.9. The number of aliphatic hydroxyl groups excluding tert-OH is 1. The van der Waals surface area contributed by atoms with Gasteiger partial charge in [-0.2, -0.15) is 0 Å². The zero-order valence-corrected chi connectivity index (χ0v) is 18.6. The maximum atomic E-state index is 15.6. The maximum Gasteiger partial charge on any atom is 0.338 e. The number of hydrogen-bond acceptors (Lipinski definition) is 8. The third-order valence-electron chi connectivity index (χ3n) is 5.04. The fourth-order valence-electron chi connectivity index (χ4n) is 3.18. The zero-order chi connectivity index (χ0) is 25.4. The Hall–Kier alpha value is -4.09. The molecule has 0 unspecified atom stereocenters. The number of esters is 2. The van der Waals surface area contributed by atoms with Crippen LogP contribution in [0.4, 0.5) is 4.39 Å². The Balaban J connectivity index is 1.86. The second-order valence-corrected chi connectivity index (χ2v) is 7.35. The molecule has 0 radical (unpaired) electrons. The van der Waals surface area contributed by atoms with Crippen LogP contribution in [0.2, 0.25) is 0 Å². The summed E-state index contributed by atoms with van der Waals surface area (Å²) in [5.41, 5.74) is -1.50. The lowest BCUT2D eigenvalue weighted by molar-refractivity contribution is -0.122. The molecular weight excluding hydrogens is 463 g/mol. The van der Waals surface area contributed by atoms with Gasteiger partial charge in [-0.25, -0.2) is 18.8 Å². The summed E-state index contributed by atoms with van der Waals surface area (Å²) in [5.74, 6) is -1.66. The SMILES string of the molecule is CO[C@@H](COC(=O)c1ccccc1)[C@@H](OC(=O)c1ccccc1)[C@@H](F)[C@@H](O)n1ccc(=O)[nH]c1=O. The van der Waals surface area contributed by atoms with E-state index in [0.29, 0.717) is 4.57 Å². The van der Waals surface area contributed by atoms with Gasteiger partial charge in [-0.1, -0.05) is 36.4 Å². The number of rotatable bonds is 10. The number of nitrogens with one attached hydrogen (secondary N) is 1. The van der Waals surface area contributed by atoms with Gasteiger partial charge in [-0.05, 0) is 24.3 Å². The predicted octanol–water partition coefficient (Wildman–Crippen LogP) is 1.46. The van der Waals surface area contributed by atoms with Crippen LogP contribution in [0.15, 0.2) is 82.5 Å². The number of carbonyl (C=O) groups is 2. The molecule has 0 amide bonds. The van der Waals surface area contributed by atoms with Crippen LogP contribution in [0.1, 0.15) is 26.9 Å². The summed E-state index contributed by atoms with van der Waals surface area (Å²) in [6.45, 7) is -0.537. The highest BCUT2D eigenvalue weighted by atomic mass is 19.1. The highest BCUT2D eigenvalue weighted by Crippen LogP contribution is 2.22. The standard InChI is InChI=1S/C24H23FN2O8/c1-33-17(14-34-22(30)15-8-4-2-5-9-15)20(35-23(31)16-10-6-3-7-11-16)19(25)21(29)27-13-12-18(28)26-24(27)32/h2-13,17,19-21,29H,14H2,1H3,(H,26,28,32)/t17-,19+,20+,21+/m0/s1. The quantitative estimate of drug-likeness (QED) is 0.411. The fraction of sp³-hybridized carbons (Fsp3) is 0.250. The van der Waals surface area contributed by atoms with Crippen LogP contribution in [0, 0.1) is 0 Å². The Morgan fingerprint density at radius 3 is 2.09 bits per heavy atom. The van der Waals surface area contributed by atoms with Crippen molar-refractivity contribution in [3.8, 4) is 0 Å². The zero-order valence-electron chi connectivity index (χ0n) is 18.6. The molecule has 4 atom stereocenters. The number of benzene rings is 2. The largest absolute Gasteiger partial charge is 0.459 e. The van der Waals surface area contributed by atoms with E-state index in [1.165, 1.54) is 31.4 Å². The molecule has 2 aromatic carbocycles. The van der Waals surface area contributed by atoms with Gasteiger partial charge in [-0.3, -0.25) is 14.3 Å². The molecule has 184 valence electrons. The van der Waals surface area contributed by atoms with Crippen LogP contribution >= 0.6 is 0 Å². The summed E-state index contributed by atoms with van der Waals surface area (Å²) in [5, 5.41) is 10.5. The number of hydrogen-bond donors (Lipinski definition) is 2. The molecule has 10 nitrogen and oxygen atoms in total. The maximum absolute atomic E-state index is 15.6. The Bertz CT molecular complexity index is 1250. The van der Waals surface area contributed by atoms with Gasteiger partial charge >= 0.3 is 17.6 Å². The third-order valence-corrected chi connectivity index (χ3v) is 5.04. The van der Waals surface area contributed by atoms with Crippen LogP contribution in [-0.2, 0) is 14.2 Å².